The molecule has 0 saturated heterocycles. The molecule has 0 aliphatic carbocycles. The first-order chi connectivity index (χ1) is 8.60. The van der Waals surface area contributed by atoms with Crippen molar-refractivity contribution >= 4 is 5.95 Å². The van der Waals surface area contributed by atoms with E-state index in [4.69, 9.17) is 10.5 Å². The summed E-state index contributed by atoms with van der Waals surface area (Å²) < 4.78 is 6.98. The van der Waals surface area contributed by atoms with E-state index in [0.29, 0.717) is 12.6 Å². The van der Waals surface area contributed by atoms with Gasteiger partial charge in [-0.15, -0.1) is 0 Å². The summed E-state index contributed by atoms with van der Waals surface area (Å²) in [4.78, 5) is 12.2. The van der Waals surface area contributed by atoms with Gasteiger partial charge in [-0.05, 0) is 26.3 Å². The van der Waals surface area contributed by atoms with E-state index in [-0.39, 0.29) is 12.0 Å². The molecule has 2 aromatic heterocycles. The Morgan fingerprint density at radius 3 is 2.67 bits per heavy atom. The molecule has 18 heavy (non-hydrogen) atoms. The minimum absolute atomic E-state index is 0.124. The summed E-state index contributed by atoms with van der Waals surface area (Å²) in [6.45, 7) is 6.38. The van der Waals surface area contributed by atoms with Crippen LogP contribution in [0.15, 0.2) is 6.07 Å². The van der Waals surface area contributed by atoms with Crippen LogP contribution in [-0.4, -0.2) is 31.3 Å². The predicted octanol–water partition coefficient (Wildman–Crippen LogP) is 1.05. The Kier molecular flexibility index (Phi) is 3.40. The summed E-state index contributed by atoms with van der Waals surface area (Å²) >= 11 is 0. The summed E-state index contributed by atoms with van der Waals surface area (Å²) in [5.74, 6) is 0.498. The van der Waals surface area contributed by atoms with E-state index >= 15 is 0 Å². The van der Waals surface area contributed by atoms with Crippen LogP contribution in [0.4, 0.5) is 5.95 Å². The average Bonchev–Trinajstić information content (AvgIpc) is 2.65. The molecule has 96 valence electrons. The van der Waals surface area contributed by atoms with E-state index in [1.54, 1.807) is 4.68 Å². The largest absolute Gasteiger partial charge is 0.463 e. The van der Waals surface area contributed by atoms with Crippen molar-refractivity contribution in [2.24, 2.45) is 0 Å². The number of aryl methyl sites for hydroxylation is 2. The number of nitrogens with zero attached hydrogens (tertiary/aromatic N) is 5. The second-order valence-corrected chi connectivity index (χ2v) is 3.96. The van der Waals surface area contributed by atoms with E-state index in [0.717, 1.165) is 17.8 Å². The second kappa shape index (κ2) is 4.99. The van der Waals surface area contributed by atoms with Gasteiger partial charge in [0.1, 0.15) is 0 Å². The topological polar surface area (TPSA) is 91.7 Å². The molecule has 2 aromatic rings. The number of anilines is 1. The zero-order chi connectivity index (χ0) is 13.1. The first kappa shape index (κ1) is 12.3. The molecule has 0 atom stereocenters. The lowest BCUT2D eigenvalue weighted by atomic mass is 10.4. The van der Waals surface area contributed by atoms with Crippen molar-refractivity contribution in [1.29, 1.82) is 0 Å². The van der Waals surface area contributed by atoms with E-state index in [1.807, 2.05) is 26.8 Å². The Balaban J connectivity index is 2.38. The molecular formula is C11H16N6O. The van der Waals surface area contributed by atoms with Crippen molar-refractivity contribution < 1.29 is 4.74 Å². The monoisotopic (exact) mass is 248 g/mol. The van der Waals surface area contributed by atoms with Crippen LogP contribution < -0.4 is 10.5 Å². The fraction of sp³-hybridized carbons (Fsp3) is 0.455. The third-order valence-electron chi connectivity index (χ3n) is 2.25. The fourth-order valence-electron chi connectivity index (χ4n) is 1.54. The molecular weight excluding hydrogens is 232 g/mol. The minimum atomic E-state index is 0.124. The summed E-state index contributed by atoms with van der Waals surface area (Å²) in [6, 6.07) is 2.17. The van der Waals surface area contributed by atoms with Gasteiger partial charge in [0, 0.05) is 5.69 Å². The van der Waals surface area contributed by atoms with Gasteiger partial charge in [0.2, 0.25) is 5.95 Å². The SMILES string of the molecule is CCCOc1nc(N)nc(-n2nc(C)cc2C)n1. The minimum Gasteiger partial charge on any atom is -0.463 e. The molecule has 0 aromatic carbocycles. The first-order valence-electron chi connectivity index (χ1n) is 5.78. The highest BCUT2D eigenvalue weighted by atomic mass is 16.5. The zero-order valence-corrected chi connectivity index (χ0v) is 10.7. The molecule has 0 fully saturated rings. The highest BCUT2D eigenvalue weighted by molar-refractivity contribution is 5.26. The highest BCUT2D eigenvalue weighted by Crippen LogP contribution is 2.12. The van der Waals surface area contributed by atoms with Crippen LogP contribution in [-0.2, 0) is 0 Å². The van der Waals surface area contributed by atoms with Gasteiger partial charge in [-0.3, -0.25) is 0 Å². The van der Waals surface area contributed by atoms with Gasteiger partial charge in [0.15, 0.2) is 0 Å². The number of aromatic nitrogens is 5. The van der Waals surface area contributed by atoms with E-state index < -0.39 is 0 Å². The quantitative estimate of drug-likeness (QED) is 0.869. The third-order valence-corrected chi connectivity index (χ3v) is 2.25. The number of nitrogen functional groups attached to an aromatic ring is 1. The molecule has 0 spiro atoms. The molecule has 0 aliphatic heterocycles. The lowest BCUT2D eigenvalue weighted by Crippen LogP contribution is -2.11. The number of ether oxygens (including phenoxy) is 1. The molecule has 0 amide bonds. The van der Waals surface area contributed by atoms with Gasteiger partial charge in [-0.2, -0.15) is 20.1 Å². The van der Waals surface area contributed by atoms with Crippen molar-refractivity contribution in [2.45, 2.75) is 27.2 Å². The standard InChI is InChI=1S/C11H16N6O/c1-4-5-18-11-14-9(12)13-10(15-11)17-8(3)6-7(2)16-17/h6H,4-5H2,1-3H3,(H2,12,13,14,15). The number of hydrogen-bond donors (Lipinski definition) is 1. The van der Waals surface area contributed by atoms with Crippen LogP contribution >= 0.6 is 0 Å². The first-order valence-corrected chi connectivity index (χ1v) is 5.78. The summed E-state index contributed by atoms with van der Waals surface area (Å²) in [7, 11) is 0. The van der Waals surface area contributed by atoms with Crippen molar-refractivity contribution in [3.05, 3.63) is 17.5 Å². The smallest absolute Gasteiger partial charge is 0.323 e. The zero-order valence-electron chi connectivity index (χ0n) is 10.7. The summed E-state index contributed by atoms with van der Waals surface area (Å²) in [5.41, 5.74) is 7.46. The van der Waals surface area contributed by atoms with Crippen LogP contribution in [0.1, 0.15) is 24.7 Å². The van der Waals surface area contributed by atoms with Crippen molar-refractivity contribution in [2.75, 3.05) is 12.3 Å². The number of nitrogens with two attached hydrogens (primary N) is 1. The fourth-order valence-corrected chi connectivity index (χ4v) is 1.54. The van der Waals surface area contributed by atoms with Gasteiger partial charge in [0.25, 0.3) is 5.95 Å². The normalized spacial score (nSPS) is 10.6. The summed E-state index contributed by atoms with van der Waals surface area (Å²) in [5, 5.41) is 4.30. The molecule has 0 bridgehead atoms. The van der Waals surface area contributed by atoms with Gasteiger partial charge < -0.3 is 10.5 Å². The maximum atomic E-state index is 5.64. The molecule has 2 N–H and O–H groups in total. The Morgan fingerprint density at radius 2 is 2.06 bits per heavy atom. The molecule has 0 radical (unpaired) electrons. The van der Waals surface area contributed by atoms with E-state index in [9.17, 15) is 0 Å². The van der Waals surface area contributed by atoms with Gasteiger partial charge in [0.05, 0.1) is 12.3 Å². The van der Waals surface area contributed by atoms with E-state index in [2.05, 4.69) is 20.1 Å². The maximum absolute atomic E-state index is 5.64. The van der Waals surface area contributed by atoms with Crippen LogP contribution in [0.3, 0.4) is 0 Å². The van der Waals surface area contributed by atoms with Crippen LogP contribution in [0.5, 0.6) is 6.01 Å². The maximum Gasteiger partial charge on any atom is 0.323 e. The van der Waals surface area contributed by atoms with Crippen molar-refractivity contribution in [3.63, 3.8) is 0 Å². The predicted molar refractivity (Wildman–Crippen MR) is 66.6 cm³/mol. The Labute approximate surface area is 105 Å². The average molecular weight is 248 g/mol. The Morgan fingerprint density at radius 1 is 1.28 bits per heavy atom. The van der Waals surface area contributed by atoms with E-state index in [1.165, 1.54) is 0 Å². The van der Waals surface area contributed by atoms with Gasteiger partial charge >= 0.3 is 6.01 Å². The van der Waals surface area contributed by atoms with Gasteiger partial charge in [-0.1, -0.05) is 6.92 Å². The van der Waals surface area contributed by atoms with Crippen LogP contribution in [0.25, 0.3) is 5.95 Å². The van der Waals surface area contributed by atoms with Gasteiger partial charge in [-0.25, -0.2) is 4.68 Å². The third kappa shape index (κ3) is 2.55. The Bertz CT molecular complexity index is 550. The second-order valence-electron chi connectivity index (χ2n) is 3.96. The number of rotatable bonds is 4. The Hall–Kier alpha value is -2.18. The van der Waals surface area contributed by atoms with Crippen LogP contribution in [0.2, 0.25) is 0 Å². The molecule has 7 nitrogen and oxygen atoms in total. The lowest BCUT2D eigenvalue weighted by molar-refractivity contribution is 0.291. The lowest BCUT2D eigenvalue weighted by Gasteiger charge is -2.06. The van der Waals surface area contributed by atoms with Crippen molar-refractivity contribution in [1.82, 2.24) is 24.7 Å². The van der Waals surface area contributed by atoms with Crippen molar-refractivity contribution in [3.8, 4) is 12.0 Å². The molecule has 0 saturated carbocycles. The summed E-state index contributed by atoms with van der Waals surface area (Å²) in [6.07, 6.45) is 0.876. The molecule has 7 heteroatoms. The molecule has 0 aliphatic rings. The number of hydrogen-bond acceptors (Lipinski definition) is 6. The molecule has 2 rings (SSSR count). The highest BCUT2D eigenvalue weighted by Gasteiger charge is 2.10. The molecule has 2 heterocycles. The van der Waals surface area contributed by atoms with Crippen LogP contribution in [0, 0.1) is 13.8 Å². The molecule has 0 unspecified atom stereocenters.